The summed E-state index contributed by atoms with van der Waals surface area (Å²) in [7, 11) is -9.90. The molecule has 0 aliphatic carbocycles. The van der Waals surface area contributed by atoms with Crippen LogP contribution in [0.15, 0.2) is 131 Å². The summed E-state index contributed by atoms with van der Waals surface area (Å²) in [5.41, 5.74) is 7.10. The third-order valence-electron chi connectivity index (χ3n) is 6.96. The largest absolute Gasteiger partial charge is 0.297 e. The van der Waals surface area contributed by atoms with Crippen LogP contribution in [0.3, 0.4) is 0 Å². The van der Waals surface area contributed by atoms with Crippen molar-refractivity contribution < 1.29 is 25.9 Å². The minimum Gasteiger partial charge on any atom is -0.292 e. The molecule has 18 heteroatoms. The fourth-order valence-corrected chi connectivity index (χ4v) is 6.63. The zero-order valence-electron chi connectivity index (χ0n) is 25.6. The van der Waals surface area contributed by atoms with E-state index >= 15 is 0 Å². The average Bonchev–Trinajstić information content (AvgIpc) is 3.12. The summed E-state index contributed by atoms with van der Waals surface area (Å²) in [4.78, 5) is -1.08. The topological polar surface area (TPSA) is 217 Å². The number of hydrogen-bond donors (Lipinski definition) is 4. The summed E-state index contributed by atoms with van der Waals surface area (Å²) in [6.45, 7) is 0. The van der Waals surface area contributed by atoms with Crippen LogP contribution in [0.5, 0.6) is 0 Å². The van der Waals surface area contributed by atoms with E-state index in [2.05, 4.69) is 41.7 Å². The molecule has 0 aliphatic rings. The molecule has 16 nitrogen and oxygen atoms in total. The molecule has 0 spiro atoms. The van der Waals surface area contributed by atoms with E-state index in [0.29, 0.717) is 11.4 Å². The van der Waals surface area contributed by atoms with Crippen LogP contribution >= 0.6 is 0 Å². The van der Waals surface area contributed by atoms with Crippen molar-refractivity contribution in [3.8, 4) is 0 Å². The normalized spacial score (nSPS) is 11.6. The lowest BCUT2D eigenvalue weighted by Crippen LogP contribution is -2.28. The molecule has 0 unspecified atom stereocenters. The van der Waals surface area contributed by atoms with Crippen molar-refractivity contribution in [1.82, 2.24) is 30.8 Å². The predicted molar refractivity (Wildman–Crippen MR) is 186 cm³/mol. The first-order valence-electron chi connectivity index (χ1n) is 14.5. The average molecular weight is 711 g/mol. The second-order valence-corrected chi connectivity index (χ2v) is 13.0. The molecule has 0 aliphatic heterocycles. The number of rotatable bonds is 12. The number of hydrazine groups is 2. The molecular formula is C32H26N10O6S2. The number of hydrogen-bond acceptors (Lipinski definition) is 14. The Morgan fingerprint density at radius 1 is 0.520 bits per heavy atom. The van der Waals surface area contributed by atoms with Crippen LogP contribution in [0.2, 0.25) is 0 Å². The molecule has 0 fully saturated rings. The maximum absolute atomic E-state index is 13.0. The Kier molecular flexibility index (Phi) is 9.68. The Balaban J connectivity index is 1.49. The molecule has 0 atom stereocenters. The summed E-state index contributed by atoms with van der Waals surface area (Å²) in [6, 6.07) is 29.3. The first kappa shape index (κ1) is 33.6. The lowest BCUT2D eigenvalue weighted by atomic mass is 10.1. The van der Waals surface area contributed by atoms with Gasteiger partial charge in [-0.25, -0.2) is 10.0 Å². The Bertz CT molecular complexity index is 2170. The third kappa shape index (κ3) is 7.69. The van der Waals surface area contributed by atoms with Crippen LogP contribution < -0.4 is 20.9 Å². The molecule has 0 bridgehead atoms. The van der Waals surface area contributed by atoms with E-state index in [4.69, 9.17) is 0 Å². The highest BCUT2D eigenvalue weighted by atomic mass is 32.2. The molecule has 6 aromatic rings. The van der Waals surface area contributed by atoms with Gasteiger partial charge in [-0.3, -0.25) is 20.0 Å². The lowest BCUT2D eigenvalue weighted by molar-refractivity contribution is 0.480. The smallest absolute Gasteiger partial charge is 0.292 e. The standard InChI is InChI=1S/C32H26N10O6S2/c43-49(44,45)31-23(9-7-15-27(31)41(29-19-21-33-39-35-29)37-25-11-3-1-4-12-25)17-18-24-10-8-16-28(32(24)50(46,47)48)42(30-20-22-34-40-36-30)38-26-13-5-2-6-14-26/h1-22,37-38H,(H,43,44,45)(H,46,47,48)/b18-17+. The van der Waals surface area contributed by atoms with Crippen molar-refractivity contribution in [3.63, 3.8) is 0 Å². The van der Waals surface area contributed by atoms with Crippen LogP contribution in [-0.2, 0) is 20.2 Å². The van der Waals surface area contributed by atoms with Crippen molar-refractivity contribution in [2.75, 3.05) is 20.9 Å². The van der Waals surface area contributed by atoms with Crippen molar-refractivity contribution in [1.29, 1.82) is 0 Å². The van der Waals surface area contributed by atoms with E-state index in [-0.39, 0.29) is 34.1 Å². The number of nitrogens with zero attached hydrogens (tertiary/aromatic N) is 8. The second kappa shape index (κ2) is 14.4. The van der Waals surface area contributed by atoms with Gasteiger partial charge in [0.25, 0.3) is 20.2 Å². The van der Waals surface area contributed by atoms with E-state index in [1.165, 1.54) is 83.1 Å². The fraction of sp³-hybridized carbons (Fsp3) is 0. The molecule has 0 saturated carbocycles. The van der Waals surface area contributed by atoms with Gasteiger partial charge >= 0.3 is 0 Å². The van der Waals surface area contributed by atoms with Gasteiger partial charge in [0.15, 0.2) is 11.6 Å². The molecule has 2 heterocycles. The van der Waals surface area contributed by atoms with Crippen LogP contribution in [0.4, 0.5) is 34.4 Å². The summed E-state index contributed by atoms with van der Waals surface area (Å²) >= 11 is 0. The number of nitrogens with one attached hydrogen (secondary N) is 2. The zero-order valence-corrected chi connectivity index (χ0v) is 27.3. The molecule has 2 aromatic heterocycles. The first-order valence-corrected chi connectivity index (χ1v) is 17.4. The van der Waals surface area contributed by atoms with Crippen LogP contribution in [0.1, 0.15) is 11.1 Å². The van der Waals surface area contributed by atoms with Crippen molar-refractivity contribution in [2.24, 2.45) is 0 Å². The molecule has 50 heavy (non-hydrogen) atoms. The minimum atomic E-state index is -4.95. The Morgan fingerprint density at radius 3 is 1.26 bits per heavy atom. The minimum absolute atomic E-state index is 0.0298. The number of para-hydroxylation sites is 2. The maximum Gasteiger partial charge on any atom is 0.297 e. The van der Waals surface area contributed by atoms with E-state index in [9.17, 15) is 25.9 Å². The van der Waals surface area contributed by atoms with E-state index in [0.717, 1.165) is 0 Å². The van der Waals surface area contributed by atoms with Crippen molar-refractivity contribution >= 4 is 66.8 Å². The van der Waals surface area contributed by atoms with Crippen LogP contribution in [-0.4, -0.2) is 56.8 Å². The number of aromatic nitrogens is 6. The van der Waals surface area contributed by atoms with Gasteiger partial charge in [-0.15, -0.1) is 20.4 Å². The highest BCUT2D eigenvalue weighted by Crippen LogP contribution is 2.36. The van der Waals surface area contributed by atoms with E-state index in [1.807, 2.05) is 0 Å². The van der Waals surface area contributed by atoms with E-state index in [1.54, 1.807) is 60.7 Å². The first-order chi connectivity index (χ1) is 24.1. The summed E-state index contributed by atoms with van der Waals surface area (Å²) in [5.74, 6) is 0.280. The highest BCUT2D eigenvalue weighted by Gasteiger charge is 2.27. The van der Waals surface area contributed by atoms with Crippen molar-refractivity contribution in [3.05, 3.63) is 133 Å². The molecule has 4 aromatic carbocycles. The van der Waals surface area contributed by atoms with Gasteiger partial charge in [0.2, 0.25) is 0 Å². The molecule has 6 rings (SSSR count). The SMILES string of the molecule is O=S(=O)(O)c1c(/C=C/c2cccc(N(Nc3ccccc3)c3ccnnn3)c2S(=O)(=O)O)cccc1N(Nc1ccccc1)c1ccnnn1. The lowest BCUT2D eigenvalue weighted by Gasteiger charge is -2.27. The van der Waals surface area contributed by atoms with Gasteiger partial charge in [-0.1, -0.05) is 72.8 Å². The van der Waals surface area contributed by atoms with Crippen LogP contribution in [0.25, 0.3) is 12.2 Å². The Labute approximate surface area is 286 Å². The molecule has 0 saturated heterocycles. The third-order valence-corrected chi connectivity index (χ3v) is 8.88. The molecule has 0 radical (unpaired) electrons. The summed E-state index contributed by atoms with van der Waals surface area (Å²) in [5, 5.41) is 25.3. The van der Waals surface area contributed by atoms with Gasteiger partial charge in [-0.05, 0) is 58.0 Å². The second-order valence-electron chi connectivity index (χ2n) is 10.3. The van der Waals surface area contributed by atoms with Gasteiger partial charge < -0.3 is 0 Å². The van der Waals surface area contributed by atoms with Gasteiger partial charge in [0.05, 0.1) is 35.1 Å². The number of anilines is 6. The Morgan fingerprint density at radius 2 is 0.920 bits per heavy atom. The molecular weight excluding hydrogens is 685 g/mol. The molecule has 0 amide bonds. The molecule has 252 valence electrons. The predicted octanol–water partition coefficient (Wildman–Crippen LogP) is 5.05. The summed E-state index contributed by atoms with van der Waals surface area (Å²) in [6.07, 6.45) is 5.30. The van der Waals surface area contributed by atoms with Crippen LogP contribution in [0, 0.1) is 0 Å². The monoisotopic (exact) mass is 710 g/mol. The fourth-order valence-electron chi connectivity index (χ4n) is 4.91. The number of benzene rings is 4. The van der Waals surface area contributed by atoms with Gasteiger partial charge in [-0.2, -0.15) is 16.8 Å². The van der Waals surface area contributed by atoms with Gasteiger partial charge in [0, 0.05) is 12.1 Å². The Hall–Kier alpha value is -6.34. The highest BCUT2D eigenvalue weighted by molar-refractivity contribution is 7.86. The maximum atomic E-state index is 13.0. The quantitative estimate of drug-likeness (QED) is 0.0742. The zero-order chi connectivity index (χ0) is 35.1. The van der Waals surface area contributed by atoms with Gasteiger partial charge in [0.1, 0.15) is 9.79 Å². The molecule has 4 N–H and O–H groups in total. The van der Waals surface area contributed by atoms with Crippen molar-refractivity contribution in [2.45, 2.75) is 9.79 Å². The summed E-state index contributed by atoms with van der Waals surface area (Å²) < 4.78 is 73.2. The van der Waals surface area contributed by atoms with E-state index < -0.39 is 30.0 Å².